The molecule has 1 atom stereocenters. The highest BCUT2D eigenvalue weighted by Crippen LogP contribution is 2.29. The van der Waals surface area contributed by atoms with Gasteiger partial charge in [0.25, 0.3) is 5.91 Å². The molecule has 0 radical (unpaired) electrons. The summed E-state index contributed by atoms with van der Waals surface area (Å²) in [4.78, 5) is 26.2. The molecule has 3 aromatic rings. The van der Waals surface area contributed by atoms with Crippen molar-refractivity contribution in [1.29, 1.82) is 0 Å². The van der Waals surface area contributed by atoms with Crippen LogP contribution in [0.2, 0.25) is 5.02 Å². The van der Waals surface area contributed by atoms with E-state index in [4.69, 9.17) is 11.6 Å². The highest BCUT2D eigenvalue weighted by molar-refractivity contribution is 8.00. The highest BCUT2D eigenvalue weighted by Gasteiger charge is 2.18. The van der Waals surface area contributed by atoms with Crippen molar-refractivity contribution in [3.8, 4) is 0 Å². The van der Waals surface area contributed by atoms with Gasteiger partial charge in [-0.05, 0) is 79.9 Å². The van der Waals surface area contributed by atoms with Gasteiger partial charge in [-0.3, -0.25) is 9.59 Å². The topological polar surface area (TPSA) is 58.2 Å². The molecule has 0 heterocycles. The Kier molecular flexibility index (Phi) is 7.77. The SMILES string of the molecule is CCC(Sc1cccc(NC(=O)c2cccc(Cl)c2)c1)C(=O)Nc1ccc(C)c(C)c1. The standard InChI is InChI=1S/C25H25ClN2O2S/c1-4-23(25(30)28-21-12-11-16(2)17(3)13-21)31-22-10-6-9-20(15-22)27-24(29)18-7-5-8-19(26)14-18/h5-15,23H,4H2,1-3H3,(H,27,29)(H,28,30). The van der Waals surface area contributed by atoms with E-state index in [-0.39, 0.29) is 17.1 Å². The Morgan fingerprint density at radius 2 is 1.65 bits per heavy atom. The number of carbonyl (C=O) groups excluding carboxylic acids is 2. The van der Waals surface area contributed by atoms with Crippen LogP contribution in [0.25, 0.3) is 0 Å². The molecule has 3 rings (SSSR count). The van der Waals surface area contributed by atoms with E-state index < -0.39 is 0 Å². The Hall–Kier alpha value is -2.76. The summed E-state index contributed by atoms with van der Waals surface area (Å²) < 4.78 is 0. The third-order valence-electron chi connectivity index (χ3n) is 4.89. The van der Waals surface area contributed by atoms with Gasteiger partial charge in [0.1, 0.15) is 0 Å². The van der Waals surface area contributed by atoms with E-state index in [1.54, 1.807) is 24.3 Å². The van der Waals surface area contributed by atoms with Gasteiger partial charge in [-0.15, -0.1) is 11.8 Å². The molecule has 0 saturated carbocycles. The minimum Gasteiger partial charge on any atom is -0.325 e. The molecule has 160 valence electrons. The molecule has 0 spiro atoms. The van der Waals surface area contributed by atoms with Crippen LogP contribution in [-0.4, -0.2) is 17.1 Å². The van der Waals surface area contributed by atoms with Gasteiger partial charge in [-0.25, -0.2) is 0 Å². The fourth-order valence-corrected chi connectivity index (χ4v) is 4.21. The Morgan fingerprint density at radius 1 is 0.903 bits per heavy atom. The molecule has 0 aliphatic rings. The summed E-state index contributed by atoms with van der Waals surface area (Å²) in [5, 5.41) is 6.16. The summed E-state index contributed by atoms with van der Waals surface area (Å²) in [7, 11) is 0. The second-order valence-electron chi connectivity index (χ2n) is 7.30. The van der Waals surface area contributed by atoms with Crippen LogP contribution in [0.5, 0.6) is 0 Å². The lowest BCUT2D eigenvalue weighted by Gasteiger charge is -2.16. The second-order valence-corrected chi connectivity index (χ2v) is 9.01. The van der Waals surface area contributed by atoms with Crippen molar-refractivity contribution in [2.75, 3.05) is 10.6 Å². The van der Waals surface area contributed by atoms with E-state index in [1.165, 1.54) is 17.3 Å². The largest absolute Gasteiger partial charge is 0.325 e. The van der Waals surface area contributed by atoms with Crippen LogP contribution in [0.15, 0.2) is 71.6 Å². The van der Waals surface area contributed by atoms with E-state index in [2.05, 4.69) is 10.6 Å². The van der Waals surface area contributed by atoms with Crippen molar-refractivity contribution in [1.82, 2.24) is 0 Å². The summed E-state index contributed by atoms with van der Waals surface area (Å²) >= 11 is 7.45. The molecule has 0 aliphatic carbocycles. The molecule has 0 bridgehead atoms. The lowest BCUT2D eigenvalue weighted by atomic mass is 10.1. The fourth-order valence-electron chi connectivity index (χ4n) is 3.01. The number of halogens is 1. The van der Waals surface area contributed by atoms with Crippen molar-refractivity contribution in [2.24, 2.45) is 0 Å². The first-order chi connectivity index (χ1) is 14.9. The monoisotopic (exact) mass is 452 g/mol. The van der Waals surface area contributed by atoms with Crippen LogP contribution in [0.1, 0.15) is 34.8 Å². The number of nitrogens with one attached hydrogen (secondary N) is 2. The van der Waals surface area contributed by atoms with E-state index in [0.29, 0.717) is 22.7 Å². The maximum Gasteiger partial charge on any atom is 0.255 e. The lowest BCUT2D eigenvalue weighted by Crippen LogP contribution is -2.24. The van der Waals surface area contributed by atoms with Crippen LogP contribution in [-0.2, 0) is 4.79 Å². The van der Waals surface area contributed by atoms with Gasteiger partial charge >= 0.3 is 0 Å². The second kappa shape index (κ2) is 10.5. The summed E-state index contributed by atoms with van der Waals surface area (Å²) in [5.74, 6) is -0.270. The van der Waals surface area contributed by atoms with Gasteiger partial charge in [-0.1, -0.05) is 36.7 Å². The Bertz CT molecular complexity index is 1100. The number of benzene rings is 3. The quantitative estimate of drug-likeness (QED) is 0.391. The number of hydrogen-bond acceptors (Lipinski definition) is 3. The third-order valence-corrected chi connectivity index (χ3v) is 6.49. The molecule has 1 unspecified atom stereocenters. The number of anilines is 2. The molecular weight excluding hydrogens is 428 g/mol. The molecule has 0 aromatic heterocycles. The first-order valence-electron chi connectivity index (χ1n) is 10.1. The minimum absolute atomic E-state index is 0.0379. The maximum absolute atomic E-state index is 12.8. The summed E-state index contributed by atoms with van der Waals surface area (Å²) in [6, 6.07) is 20.2. The van der Waals surface area contributed by atoms with Crippen molar-refractivity contribution < 1.29 is 9.59 Å². The molecule has 0 aliphatic heterocycles. The van der Waals surface area contributed by atoms with Crippen LogP contribution in [0.3, 0.4) is 0 Å². The van der Waals surface area contributed by atoms with E-state index >= 15 is 0 Å². The molecule has 6 heteroatoms. The Balaban J connectivity index is 1.67. The number of rotatable bonds is 7. The summed E-state index contributed by atoms with van der Waals surface area (Å²) in [5.41, 5.74) is 4.29. The molecular formula is C25H25ClN2O2S. The number of carbonyl (C=O) groups is 2. The van der Waals surface area contributed by atoms with Crippen LogP contribution in [0.4, 0.5) is 11.4 Å². The Labute approximate surface area is 192 Å². The van der Waals surface area contributed by atoms with Crippen LogP contribution < -0.4 is 10.6 Å². The van der Waals surface area contributed by atoms with Gasteiger partial charge < -0.3 is 10.6 Å². The van der Waals surface area contributed by atoms with Crippen molar-refractivity contribution in [3.63, 3.8) is 0 Å². The number of thioether (sulfide) groups is 1. The summed E-state index contributed by atoms with van der Waals surface area (Å²) in [6.45, 7) is 6.06. The third kappa shape index (κ3) is 6.36. The van der Waals surface area contributed by atoms with Crippen molar-refractivity contribution >= 4 is 46.6 Å². The fraction of sp³-hybridized carbons (Fsp3) is 0.200. The van der Waals surface area contributed by atoms with Gasteiger partial charge in [0, 0.05) is 26.9 Å². The lowest BCUT2D eigenvalue weighted by molar-refractivity contribution is -0.115. The summed E-state index contributed by atoms with van der Waals surface area (Å²) in [6.07, 6.45) is 0.681. The predicted octanol–water partition coefficient (Wildman–Crippen LogP) is 6.72. The first-order valence-corrected chi connectivity index (χ1v) is 11.3. The van der Waals surface area contributed by atoms with Crippen LogP contribution in [0, 0.1) is 13.8 Å². The number of hydrogen-bond donors (Lipinski definition) is 2. The van der Waals surface area contributed by atoms with E-state index in [0.717, 1.165) is 16.1 Å². The van der Waals surface area contributed by atoms with Gasteiger partial charge in [0.05, 0.1) is 5.25 Å². The molecule has 4 nitrogen and oxygen atoms in total. The van der Waals surface area contributed by atoms with Crippen molar-refractivity contribution in [3.05, 3.63) is 88.4 Å². The van der Waals surface area contributed by atoms with Gasteiger partial charge in [0.2, 0.25) is 5.91 Å². The highest BCUT2D eigenvalue weighted by atomic mass is 35.5. The zero-order valence-electron chi connectivity index (χ0n) is 17.7. The van der Waals surface area contributed by atoms with E-state index in [1.807, 2.05) is 63.2 Å². The first kappa shape index (κ1) is 22.9. The van der Waals surface area contributed by atoms with Crippen molar-refractivity contribution in [2.45, 2.75) is 37.3 Å². The average molecular weight is 453 g/mol. The normalized spacial score (nSPS) is 11.6. The minimum atomic E-state index is -0.250. The smallest absolute Gasteiger partial charge is 0.255 e. The molecule has 0 fully saturated rings. The molecule has 3 aromatic carbocycles. The maximum atomic E-state index is 12.8. The molecule has 0 saturated heterocycles. The predicted molar refractivity (Wildman–Crippen MR) is 130 cm³/mol. The van der Waals surface area contributed by atoms with E-state index in [9.17, 15) is 9.59 Å². The molecule has 2 amide bonds. The van der Waals surface area contributed by atoms with Gasteiger partial charge in [0.15, 0.2) is 0 Å². The molecule has 31 heavy (non-hydrogen) atoms. The Morgan fingerprint density at radius 3 is 2.35 bits per heavy atom. The number of amides is 2. The van der Waals surface area contributed by atoms with Crippen LogP contribution >= 0.6 is 23.4 Å². The molecule has 2 N–H and O–H groups in total. The zero-order chi connectivity index (χ0) is 22.4. The van der Waals surface area contributed by atoms with Gasteiger partial charge in [-0.2, -0.15) is 0 Å². The number of aryl methyl sites for hydroxylation is 2. The zero-order valence-corrected chi connectivity index (χ0v) is 19.3. The average Bonchev–Trinajstić information content (AvgIpc) is 2.75.